The van der Waals surface area contributed by atoms with Crippen molar-refractivity contribution < 1.29 is 9.72 Å². The molecule has 0 unspecified atom stereocenters. The Labute approximate surface area is 118 Å². The molecule has 0 aromatic heterocycles. The molecule has 20 heavy (non-hydrogen) atoms. The summed E-state index contributed by atoms with van der Waals surface area (Å²) >= 11 is 0. The van der Waals surface area contributed by atoms with Crippen LogP contribution in [-0.2, 0) is 11.2 Å². The van der Waals surface area contributed by atoms with Gasteiger partial charge in [-0.25, -0.2) is 0 Å². The first kappa shape index (κ1) is 16.1. The summed E-state index contributed by atoms with van der Waals surface area (Å²) in [4.78, 5) is 24.0. The van der Waals surface area contributed by atoms with Gasteiger partial charge in [0.1, 0.15) is 0 Å². The molecule has 0 saturated carbocycles. The number of nitrogens with one attached hydrogen (secondary N) is 1. The average Bonchev–Trinajstić information content (AvgIpc) is 2.44. The van der Waals surface area contributed by atoms with E-state index in [9.17, 15) is 14.9 Å². The molecule has 1 N–H and O–H groups in total. The number of non-ortho nitro benzene ring substituents is 1. The van der Waals surface area contributed by atoms with E-state index in [1.807, 2.05) is 0 Å². The predicted molar refractivity (Wildman–Crippen MR) is 77.6 cm³/mol. The van der Waals surface area contributed by atoms with Gasteiger partial charge in [-0.1, -0.05) is 26.0 Å². The second kappa shape index (κ2) is 8.27. The number of hydrogen-bond acceptors (Lipinski definition) is 4. The summed E-state index contributed by atoms with van der Waals surface area (Å²) in [5, 5.41) is 13.4. The van der Waals surface area contributed by atoms with Crippen molar-refractivity contribution in [1.82, 2.24) is 10.2 Å². The highest BCUT2D eigenvalue weighted by Gasteiger charge is 2.07. The van der Waals surface area contributed by atoms with Crippen molar-refractivity contribution in [2.45, 2.75) is 20.3 Å². The van der Waals surface area contributed by atoms with E-state index in [2.05, 4.69) is 24.1 Å². The Bertz CT molecular complexity index is 441. The molecule has 1 rings (SSSR count). The molecule has 0 aliphatic heterocycles. The number of hydrogen-bond donors (Lipinski definition) is 1. The lowest BCUT2D eigenvalue weighted by molar-refractivity contribution is -0.384. The molecule has 0 fully saturated rings. The third kappa shape index (κ3) is 5.36. The Morgan fingerprint density at radius 3 is 2.35 bits per heavy atom. The molecule has 1 amide bonds. The zero-order valence-electron chi connectivity index (χ0n) is 12.0. The molecule has 0 saturated heterocycles. The Balaban J connectivity index is 2.37. The van der Waals surface area contributed by atoms with Crippen LogP contribution in [0, 0.1) is 10.1 Å². The van der Waals surface area contributed by atoms with E-state index in [-0.39, 0.29) is 18.0 Å². The molecule has 0 aliphatic rings. The van der Waals surface area contributed by atoms with Gasteiger partial charge in [-0.2, -0.15) is 0 Å². The summed E-state index contributed by atoms with van der Waals surface area (Å²) in [5.41, 5.74) is 0.812. The first-order chi connectivity index (χ1) is 9.56. The summed E-state index contributed by atoms with van der Waals surface area (Å²) in [6.45, 7) is 7.56. The summed E-state index contributed by atoms with van der Waals surface area (Å²) in [6.07, 6.45) is 0.246. The van der Waals surface area contributed by atoms with Crippen LogP contribution in [0.2, 0.25) is 0 Å². The monoisotopic (exact) mass is 279 g/mol. The van der Waals surface area contributed by atoms with Crippen LogP contribution in [0.4, 0.5) is 5.69 Å². The van der Waals surface area contributed by atoms with Crippen LogP contribution in [0.25, 0.3) is 0 Å². The van der Waals surface area contributed by atoms with Gasteiger partial charge in [0, 0.05) is 25.2 Å². The van der Waals surface area contributed by atoms with Crippen LogP contribution in [0.3, 0.4) is 0 Å². The summed E-state index contributed by atoms with van der Waals surface area (Å²) in [6, 6.07) is 6.06. The minimum atomic E-state index is -0.450. The molecule has 0 bridgehead atoms. The van der Waals surface area contributed by atoms with Gasteiger partial charge in [0.2, 0.25) is 5.91 Å². The largest absolute Gasteiger partial charge is 0.355 e. The van der Waals surface area contributed by atoms with Gasteiger partial charge in [0.15, 0.2) is 0 Å². The Kier molecular flexibility index (Phi) is 6.66. The number of likely N-dealkylation sites (N-methyl/N-ethyl adjacent to an activating group) is 1. The van der Waals surface area contributed by atoms with Gasteiger partial charge in [-0.05, 0) is 18.7 Å². The van der Waals surface area contributed by atoms with Crippen LogP contribution in [0.1, 0.15) is 19.4 Å². The van der Waals surface area contributed by atoms with Crippen molar-refractivity contribution in [2.24, 2.45) is 0 Å². The van der Waals surface area contributed by atoms with Gasteiger partial charge >= 0.3 is 0 Å². The van der Waals surface area contributed by atoms with E-state index in [0.29, 0.717) is 6.54 Å². The molecule has 0 heterocycles. The first-order valence-electron chi connectivity index (χ1n) is 6.79. The maximum absolute atomic E-state index is 11.7. The van der Waals surface area contributed by atoms with Crippen molar-refractivity contribution in [3.05, 3.63) is 39.9 Å². The smallest absolute Gasteiger partial charge is 0.269 e. The zero-order chi connectivity index (χ0) is 15.0. The van der Waals surface area contributed by atoms with E-state index in [0.717, 1.165) is 25.2 Å². The van der Waals surface area contributed by atoms with Gasteiger partial charge in [-0.15, -0.1) is 0 Å². The first-order valence-corrected chi connectivity index (χ1v) is 6.79. The number of nitro benzene ring substituents is 1. The molecule has 1 aromatic carbocycles. The highest BCUT2D eigenvalue weighted by Crippen LogP contribution is 2.12. The van der Waals surface area contributed by atoms with Crippen molar-refractivity contribution in [2.75, 3.05) is 26.2 Å². The fourth-order valence-electron chi connectivity index (χ4n) is 1.88. The van der Waals surface area contributed by atoms with Gasteiger partial charge in [0.25, 0.3) is 5.69 Å². The molecule has 0 spiro atoms. The SMILES string of the molecule is CCN(CC)CCNC(=O)Cc1ccc([N+](=O)[O-])cc1. The molecule has 0 aliphatic carbocycles. The minimum Gasteiger partial charge on any atom is -0.355 e. The molecular formula is C14H21N3O3. The normalized spacial score (nSPS) is 10.6. The predicted octanol–water partition coefficient (Wildman–Crippen LogP) is 1.60. The summed E-state index contributed by atoms with van der Waals surface area (Å²) in [7, 11) is 0. The Morgan fingerprint density at radius 2 is 1.85 bits per heavy atom. The minimum absolute atomic E-state index is 0.0377. The van der Waals surface area contributed by atoms with E-state index in [1.54, 1.807) is 12.1 Å². The number of nitrogens with zero attached hydrogens (tertiary/aromatic N) is 2. The number of amides is 1. The van der Waals surface area contributed by atoms with Crippen molar-refractivity contribution in [1.29, 1.82) is 0 Å². The maximum atomic E-state index is 11.7. The second-order valence-electron chi connectivity index (χ2n) is 4.48. The average molecular weight is 279 g/mol. The number of carbonyl (C=O) groups is 1. The number of carbonyl (C=O) groups excluding carboxylic acids is 1. The molecule has 6 heteroatoms. The molecule has 6 nitrogen and oxygen atoms in total. The third-order valence-corrected chi connectivity index (χ3v) is 3.16. The number of rotatable bonds is 8. The van der Waals surface area contributed by atoms with Crippen LogP contribution in [0.15, 0.2) is 24.3 Å². The lowest BCUT2D eigenvalue weighted by atomic mass is 10.1. The quantitative estimate of drug-likeness (QED) is 0.579. The van der Waals surface area contributed by atoms with Crippen LogP contribution in [-0.4, -0.2) is 41.9 Å². The van der Waals surface area contributed by atoms with E-state index >= 15 is 0 Å². The van der Waals surface area contributed by atoms with Crippen LogP contribution >= 0.6 is 0 Å². The third-order valence-electron chi connectivity index (χ3n) is 3.16. The van der Waals surface area contributed by atoms with E-state index in [4.69, 9.17) is 0 Å². The highest BCUT2D eigenvalue weighted by atomic mass is 16.6. The highest BCUT2D eigenvalue weighted by molar-refractivity contribution is 5.78. The number of benzene rings is 1. The van der Waals surface area contributed by atoms with Crippen LogP contribution in [0.5, 0.6) is 0 Å². The van der Waals surface area contributed by atoms with E-state index in [1.165, 1.54) is 12.1 Å². The molecular weight excluding hydrogens is 258 g/mol. The van der Waals surface area contributed by atoms with Crippen molar-refractivity contribution >= 4 is 11.6 Å². The Hall–Kier alpha value is -1.95. The van der Waals surface area contributed by atoms with Crippen molar-refractivity contribution in [3.8, 4) is 0 Å². The molecule has 0 atom stereocenters. The zero-order valence-corrected chi connectivity index (χ0v) is 12.0. The van der Waals surface area contributed by atoms with Crippen LogP contribution < -0.4 is 5.32 Å². The fraction of sp³-hybridized carbons (Fsp3) is 0.500. The summed E-state index contributed by atoms with van der Waals surface area (Å²) < 4.78 is 0. The van der Waals surface area contributed by atoms with Gasteiger partial charge in [0.05, 0.1) is 11.3 Å². The van der Waals surface area contributed by atoms with Gasteiger partial charge in [-0.3, -0.25) is 14.9 Å². The Morgan fingerprint density at radius 1 is 1.25 bits per heavy atom. The molecule has 110 valence electrons. The molecule has 0 radical (unpaired) electrons. The van der Waals surface area contributed by atoms with E-state index < -0.39 is 4.92 Å². The van der Waals surface area contributed by atoms with Gasteiger partial charge < -0.3 is 10.2 Å². The lowest BCUT2D eigenvalue weighted by Crippen LogP contribution is -2.35. The van der Waals surface area contributed by atoms with Crippen molar-refractivity contribution in [3.63, 3.8) is 0 Å². The standard InChI is InChI=1S/C14H21N3O3/c1-3-16(4-2)10-9-15-14(18)11-12-5-7-13(8-6-12)17(19)20/h5-8H,3-4,9-11H2,1-2H3,(H,15,18). The lowest BCUT2D eigenvalue weighted by Gasteiger charge is -2.17. The second-order valence-corrected chi connectivity index (χ2v) is 4.48. The maximum Gasteiger partial charge on any atom is 0.269 e. The fourth-order valence-corrected chi connectivity index (χ4v) is 1.88. The summed E-state index contributed by atoms with van der Waals surface area (Å²) in [5.74, 6) is -0.0639. The molecule has 1 aromatic rings. The number of nitro groups is 1. The topological polar surface area (TPSA) is 75.5 Å².